The fraction of sp³-hybridized carbons (Fsp3) is 0.393. The highest BCUT2D eigenvalue weighted by molar-refractivity contribution is 7.15. The average Bonchev–Trinajstić information content (AvgIpc) is 3.49. The number of thiophene rings is 1. The van der Waals surface area contributed by atoms with Crippen molar-refractivity contribution in [3.8, 4) is 10.4 Å². The number of anilines is 1. The van der Waals surface area contributed by atoms with Gasteiger partial charge < -0.3 is 19.5 Å². The number of ether oxygens (including phenoxy) is 1. The van der Waals surface area contributed by atoms with Crippen LogP contribution in [-0.4, -0.2) is 46.7 Å². The monoisotopic (exact) mass is 503 g/mol. The van der Waals surface area contributed by atoms with Crippen LogP contribution in [0.5, 0.6) is 0 Å². The minimum absolute atomic E-state index is 0.0352. The van der Waals surface area contributed by atoms with Crippen LogP contribution in [0.1, 0.15) is 42.6 Å². The standard InChI is InChI=1S/C28H33N5O2S/c1-18(24-10-11-25(36-24)21-9-7-6-8-20(21)15-32(4)5)29-27-22-16-33(28(3)12-13-35-17-28)26(34)14-23(22)30-19(2)31-27/h6-11,14,16,18H,12-13,15,17H2,1-5H3,(H,29,30,31)/t18-,28?/m0/s1. The Hall–Kier alpha value is -3.07. The first-order valence-electron chi connectivity index (χ1n) is 12.3. The van der Waals surface area contributed by atoms with E-state index in [-0.39, 0.29) is 17.1 Å². The molecule has 0 spiro atoms. The van der Waals surface area contributed by atoms with Gasteiger partial charge in [-0.1, -0.05) is 24.3 Å². The van der Waals surface area contributed by atoms with E-state index in [9.17, 15) is 4.79 Å². The number of pyridine rings is 1. The van der Waals surface area contributed by atoms with Crippen LogP contribution in [0.25, 0.3) is 21.3 Å². The lowest BCUT2D eigenvalue weighted by atomic mass is 10.0. The summed E-state index contributed by atoms with van der Waals surface area (Å²) in [7, 11) is 4.19. The summed E-state index contributed by atoms with van der Waals surface area (Å²) in [5.41, 5.74) is 2.82. The van der Waals surface area contributed by atoms with Crippen molar-refractivity contribution >= 4 is 28.1 Å². The van der Waals surface area contributed by atoms with Gasteiger partial charge in [0.1, 0.15) is 11.6 Å². The molecule has 3 aromatic heterocycles. The lowest BCUT2D eigenvalue weighted by Gasteiger charge is -2.26. The molecule has 1 aliphatic rings. The molecule has 1 aliphatic heterocycles. The largest absolute Gasteiger partial charge is 0.379 e. The van der Waals surface area contributed by atoms with E-state index in [0.717, 1.165) is 24.2 Å². The second kappa shape index (κ2) is 9.76. The van der Waals surface area contributed by atoms with Crippen LogP contribution >= 0.6 is 11.3 Å². The summed E-state index contributed by atoms with van der Waals surface area (Å²) in [6, 6.07) is 14.6. The van der Waals surface area contributed by atoms with E-state index in [4.69, 9.17) is 9.72 Å². The maximum Gasteiger partial charge on any atom is 0.253 e. The summed E-state index contributed by atoms with van der Waals surface area (Å²) in [6.07, 6.45) is 2.70. The van der Waals surface area contributed by atoms with Gasteiger partial charge in [-0.15, -0.1) is 11.3 Å². The highest BCUT2D eigenvalue weighted by Gasteiger charge is 2.33. The first-order valence-corrected chi connectivity index (χ1v) is 13.1. The van der Waals surface area contributed by atoms with Crippen LogP contribution < -0.4 is 10.9 Å². The molecule has 0 aliphatic carbocycles. The van der Waals surface area contributed by atoms with E-state index in [1.54, 1.807) is 22.0 Å². The minimum Gasteiger partial charge on any atom is -0.379 e. The maximum absolute atomic E-state index is 12.9. The summed E-state index contributed by atoms with van der Waals surface area (Å²) in [4.78, 5) is 26.9. The fourth-order valence-corrected chi connectivity index (χ4v) is 5.91. The molecule has 8 heteroatoms. The molecule has 0 bridgehead atoms. The van der Waals surface area contributed by atoms with E-state index in [2.05, 4.69) is 79.5 Å². The number of rotatable bonds is 7. The zero-order valence-corrected chi connectivity index (χ0v) is 22.4. The van der Waals surface area contributed by atoms with Gasteiger partial charge in [0.15, 0.2) is 0 Å². The topological polar surface area (TPSA) is 72.3 Å². The van der Waals surface area contributed by atoms with Gasteiger partial charge in [0.05, 0.1) is 29.1 Å². The first-order chi connectivity index (χ1) is 17.2. The lowest BCUT2D eigenvalue weighted by Crippen LogP contribution is -2.38. The van der Waals surface area contributed by atoms with Crippen molar-refractivity contribution in [1.82, 2.24) is 19.4 Å². The van der Waals surface area contributed by atoms with Gasteiger partial charge in [0.25, 0.3) is 5.56 Å². The van der Waals surface area contributed by atoms with Crippen LogP contribution in [-0.2, 0) is 16.8 Å². The van der Waals surface area contributed by atoms with E-state index < -0.39 is 0 Å². The van der Waals surface area contributed by atoms with Gasteiger partial charge in [-0.25, -0.2) is 9.97 Å². The first kappa shape index (κ1) is 24.6. The van der Waals surface area contributed by atoms with E-state index in [1.807, 2.05) is 13.1 Å². The third kappa shape index (κ3) is 4.81. The summed E-state index contributed by atoms with van der Waals surface area (Å²) < 4.78 is 7.41. The third-order valence-corrected chi connectivity index (χ3v) is 8.10. The number of benzene rings is 1. The predicted octanol–water partition coefficient (Wildman–Crippen LogP) is 5.20. The molecule has 1 fully saturated rings. The van der Waals surface area contributed by atoms with Crippen LogP contribution in [0.2, 0.25) is 0 Å². The summed E-state index contributed by atoms with van der Waals surface area (Å²) in [6.45, 7) is 8.16. The highest BCUT2D eigenvalue weighted by Crippen LogP contribution is 2.35. The Morgan fingerprint density at radius 3 is 2.78 bits per heavy atom. The van der Waals surface area contributed by atoms with E-state index >= 15 is 0 Å². The zero-order valence-electron chi connectivity index (χ0n) is 21.5. The second-order valence-corrected chi connectivity index (χ2v) is 11.3. The summed E-state index contributed by atoms with van der Waals surface area (Å²) in [5, 5.41) is 4.45. The Kier molecular flexibility index (Phi) is 6.68. The Bertz CT molecular complexity index is 1450. The van der Waals surface area contributed by atoms with Crippen molar-refractivity contribution in [3.63, 3.8) is 0 Å². The van der Waals surface area contributed by atoms with Crippen LogP contribution in [0, 0.1) is 6.92 Å². The average molecular weight is 504 g/mol. The minimum atomic E-state index is -0.359. The van der Waals surface area contributed by atoms with E-state index in [0.29, 0.717) is 24.6 Å². The quantitative estimate of drug-likeness (QED) is 0.374. The van der Waals surface area contributed by atoms with Gasteiger partial charge in [-0.2, -0.15) is 0 Å². The Morgan fingerprint density at radius 2 is 2.03 bits per heavy atom. The fourth-order valence-electron chi connectivity index (χ4n) is 4.84. The molecule has 0 radical (unpaired) electrons. The number of aromatic nitrogens is 3. The van der Waals surface area contributed by atoms with Gasteiger partial charge in [0, 0.05) is 35.2 Å². The Labute approximate surface area is 215 Å². The molecule has 0 saturated carbocycles. The molecule has 1 unspecified atom stereocenters. The smallest absolute Gasteiger partial charge is 0.253 e. The molecule has 188 valence electrons. The third-order valence-electron chi connectivity index (χ3n) is 6.80. The van der Waals surface area contributed by atoms with Crippen LogP contribution in [0.15, 0.2) is 53.5 Å². The summed E-state index contributed by atoms with van der Waals surface area (Å²) >= 11 is 1.79. The number of fused-ring (bicyclic) bond motifs is 1. The molecule has 1 saturated heterocycles. The molecule has 4 aromatic rings. The molecule has 4 heterocycles. The SMILES string of the molecule is Cc1nc(N[C@@H](C)c2ccc(-c3ccccc3CN(C)C)s2)c2cn(C3(C)CCOC3)c(=O)cc2n1. The van der Waals surface area contributed by atoms with Crippen molar-refractivity contribution < 1.29 is 4.74 Å². The molecule has 7 nitrogen and oxygen atoms in total. The maximum atomic E-state index is 12.9. The lowest BCUT2D eigenvalue weighted by molar-refractivity contribution is 0.160. The van der Waals surface area contributed by atoms with Crippen LogP contribution in [0.3, 0.4) is 0 Å². The van der Waals surface area contributed by atoms with Gasteiger partial charge in [0.2, 0.25) is 0 Å². The summed E-state index contributed by atoms with van der Waals surface area (Å²) in [5.74, 6) is 1.37. The number of aryl methyl sites for hydroxylation is 1. The molecule has 1 aromatic carbocycles. The van der Waals surface area contributed by atoms with Crippen molar-refractivity contribution in [2.45, 2.75) is 45.3 Å². The van der Waals surface area contributed by atoms with Crippen molar-refractivity contribution in [3.05, 3.63) is 75.3 Å². The van der Waals surface area contributed by atoms with Crippen molar-refractivity contribution in [2.24, 2.45) is 0 Å². The normalized spacial score (nSPS) is 18.7. The van der Waals surface area contributed by atoms with Gasteiger partial charge in [-0.05, 0) is 64.5 Å². The molecule has 2 atom stereocenters. The molecular formula is C28H33N5O2S. The molecule has 36 heavy (non-hydrogen) atoms. The highest BCUT2D eigenvalue weighted by atomic mass is 32.1. The number of nitrogens with one attached hydrogen (secondary N) is 1. The zero-order chi connectivity index (χ0) is 25.4. The molecule has 0 amide bonds. The number of nitrogens with zero attached hydrogens (tertiary/aromatic N) is 4. The number of hydrogen-bond acceptors (Lipinski definition) is 7. The van der Waals surface area contributed by atoms with Crippen molar-refractivity contribution in [1.29, 1.82) is 0 Å². The molecule has 1 N–H and O–H groups in total. The van der Waals surface area contributed by atoms with Crippen LogP contribution in [0.4, 0.5) is 5.82 Å². The van der Waals surface area contributed by atoms with Gasteiger partial charge >= 0.3 is 0 Å². The Balaban J connectivity index is 1.48. The predicted molar refractivity (Wildman–Crippen MR) is 147 cm³/mol. The number of hydrogen-bond donors (Lipinski definition) is 1. The van der Waals surface area contributed by atoms with E-state index in [1.165, 1.54) is 20.9 Å². The molecular weight excluding hydrogens is 470 g/mol. The Morgan fingerprint density at radius 1 is 1.22 bits per heavy atom. The second-order valence-electron chi connectivity index (χ2n) is 10.2. The van der Waals surface area contributed by atoms with Gasteiger partial charge in [-0.3, -0.25) is 4.79 Å². The molecule has 5 rings (SSSR count). The van der Waals surface area contributed by atoms with Crippen molar-refractivity contribution in [2.75, 3.05) is 32.6 Å².